The Hall–Kier alpha value is -1.31. The molecule has 1 saturated heterocycles. The summed E-state index contributed by atoms with van der Waals surface area (Å²) in [7, 11) is 4.10. The van der Waals surface area contributed by atoms with Crippen LogP contribution >= 0.6 is 34.7 Å². The maximum absolute atomic E-state index is 6.23. The third-order valence-corrected chi connectivity index (χ3v) is 6.96. The van der Waals surface area contributed by atoms with Crippen LogP contribution in [0.1, 0.15) is 11.8 Å². The van der Waals surface area contributed by atoms with E-state index in [1.165, 1.54) is 16.0 Å². The van der Waals surface area contributed by atoms with Crippen LogP contribution in [0.3, 0.4) is 0 Å². The number of thiazole rings is 1. The Morgan fingerprint density at radius 1 is 1.27 bits per heavy atom. The molecular formula is C19H21ClN3OS2+. The zero-order valence-electron chi connectivity index (χ0n) is 14.7. The Balaban J connectivity index is 1.35. The Kier molecular flexibility index (Phi) is 5.38. The normalized spacial score (nSPS) is 20.0. The SMILES string of the molecule is CN(C)c1ccc([C@H]2[NH2+]C[C@H](CSc3nc4cc(Cl)ccc4s3)O2)cc1. The minimum Gasteiger partial charge on any atom is -0.378 e. The predicted molar refractivity (Wildman–Crippen MR) is 111 cm³/mol. The van der Waals surface area contributed by atoms with Gasteiger partial charge in [0.15, 0.2) is 4.34 Å². The van der Waals surface area contributed by atoms with Crippen molar-refractivity contribution in [2.24, 2.45) is 0 Å². The minimum atomic E-state index is 0.0889. The van der Waals surface area contributed by atoms with Crippen LogP contribution in [-0.2, 0) is 4.74 Å². The van der Waals surface area contributed by atoms with Crippen LogP contribution in [0.5, 0.6) is 0 Å². The summed E-state index contributed by atoms with van der Waals surface area (Å²) in [5, 5.41) is 3.00. The second-order valence-corrected chi connectivity index (χ2v) is 9.27. The number of thioether (sulfide) groups is 1. The van der Waals surface area contributed by atoms with Gasteiger partial charge in [0.2, 0.25) is 6.23 Å². The lowest BCUT2D eigenvalue weighted by Crippen LogP contribution is -2.82. The van der Waals surface area contributed by atoms with E-state index in [0.717, 1.165) is 27.2 Å². The van der Waals surface area contributed by atoms with Crippen LogP contribution in [0.25, 0.3) is 10.2 Å². The topological polar surface area (TPSA) is 42.0 Å². The monoisotopic (exact) mass is 406 g/mol. The molecule has 1 aliphatic rings. The van der Waals surface area contributed by atoms with Gasteiger partial charge in [-0.3, -0.25) is 0 Å². The van der Waals surface area contributed by atoms with E-state index in [-0.39, 0.29) is 12.3 Å². The smallest absolute Gasteiger partial charge is 0.217 e. The summed E-state index contributed by atoms with van der Waals surface area (Å²) in [4.78, 5) is 6.77. The second kappa shape index (κ2) is 7.74. The van der Waals surface area contributed by atoms with Crippen molar-refractivity contribution in [1.82, 2.24) is 4.98 Å². The van der Waals surface area contributed by atoms with E-state index in [9.17, 15) is 0 Å². The summed E-state index contributed by atoms with van der Waals surface area (Å²) < 4.78 is 8.48. The van der Waals surface area contributed by atoms with Crippen LogP contribution < -0.4 is 10.2 Å². The van der Waals surface area contributed by atoms with Gasteiger partial charge in [-0.15, -0.1) is 11.3 Å². The van der Waals surface area contributed by atoms with Crippen molar-refractivity contribution in [3.63, 3.8) is 0 Å². The zero-order valence-corrected chi connectivity index (χ0v) is 17.1. The van der Waals surface area contributed by atoms with Crippen LogP contribution in [0.2, 0.25) is 5.02 Å². The quantitative estimate of drug-likeness (QED) is 0.655. The predicted octanol–water partition coefficient (Wildman–Crippen LogP) is 3.77. The number of benzene rings is 2. The van der Waals surface area contributed by atoms with Gasteiger partial charge in [-0.05, 0) is 42.5 Å². The highest BCUT2D eigenvalue weighted by atomic mass is 35.5. The first-order chi connectivity index (χ1) is 12.6. The van der Waals surface area contributed by atoms with Crippen molar-refractivity contribution in [2.75, 3.05) is 31.3 Å². The summed E-state index contributed by atoms with van der Waals surface area (Å²) in [5.41, 5.74) is 3.40. The lowest BCUT2D eigenvalue weighted by Gasteiger charge is -2.14. The van der Waals surface area contributed by atoms with Crippen LogP contribution in [-0.4, -0.2) is 37.5 Å². The van der Waals surface area contributed by atoms with E-state index in [1.54, 1.807) is 23.1 Å². The van der Waals surface area contributed by atoms with Crippen LogP contribution in [0, 0.1) is 0 Å². The highest BCUT2D eigenvalue weighted by Gasteiger charge is 2.30. The van der Waals surface area contributed by atoms with Gasteiger partial charge in [-0.1, -0.05) is 23.4 Å². The second-order valence-electron chi connectivity index (χ2n) is 6.54. The standard InChI is InChI=1S/C19H20ClN3OS2/c1-23(2)14-6-3-12(4-7-14)18-21-10-15(24-18)11-25-19-22-16-9-13(20)5-8-17(16)26-19/h3-9,15,18,21H,10-11H2,1-2H3/p+1/t15-,18+/m1/s1. The fourth-order valence-electron chi connectivity index (χ4n) is 2.98. The van der Waals surface area contributed by atoms with Gasteiger partial charge in [0, 0.05) is 36.1 Å². The molecule has 3 aromatic rings. The van der Waals surface area contributed by atoms with Gasteiger partial charge in [0.05, 0.1) is 10.2 Å². The molecular weight excluding hydrogens is 386 g/mol. The number of nitrogens with zero attached hydrogens (tertiary/aromatic N) is 2. The van der Waals surface area contributed by atoms with Gasteiger partial charge in [0.25, 0.3) is 0 Å². The first-order valence-corrected chi connectivity index (χ1v) is 10.7. The Bertz CT molecular complexity index is 897. The minimum absolute atomic E-state index is 0.0889. The first kappa shape index (κ1) is 18.1. The fourth-order valence-corrected chi connectivity index (χ4v) is 5.24. The maximum Gasteiger partial charge on any atom is 0.217 e. The molecule has 1 aliphatic heterocycles. The zero-order chi connectivity index (χ0) is 18.1. The fraction of sp³-hybridized carbons (Fsp3) is 0.316. The lowest BCUT2D eigenvalue weighted by molar-refractivity contribution is -0.697. The summed E-state index contributed by atoms with van der Waals surface area (Å²) in [6.07, 6.45) is 0.320. The number of quaternary nitrogens is 1. The van der Waals surface area contributed by atoms with Gasteiger partial charge in [-0.2, -0.15) is 0 Å². The lowest BCUT2D eigenvalue weighted by atomic mass is 10.2. The van der Waals surface area contributed by atoms with Gasteiger partial charge in [0.1, 0.15) is 12.6 Å². The highest BCUT2D eigenvalue weighted by Crippen LogP contribution is 2.32. The molecule has 0 aliphatic carbocycles. The summed E-state index contributed by atoms with van der Waals surface area (Å²) in [6.45, 7) is 0.976. The van der Waals surface area contributed by atoms with Gasteiger partial charge in [-0.25, -0.2) is 4.98 Å². The molecule has 136 valence electrons. The summed E-state index contributed by atoms with van der Waals surface area (Å²) >= 11 is 9.52. The summed E-state index contributed by atoms with van der Waals surface area (Å²) in [6, 6.07) is 14.5. The largest absolute Gasteiger partial charge is 0.378 e. The molecule has 1 fully saturated rings. The molecule has 0 bridgehead atoms. The molecule has 2 atom stereocenters. The molecule has 2 heterocycles. The number of hydrogen-bond donors (Lipinski definition) is 1. The van der Waals surface area contributed by atoms with Gasteiger partial charge >= 0.3 is 0 Å². The number of anilines is 1. The molecule has 0 amide bonds. The van der Waals surface area contributed by atoms with E-state index < -0.39 is 0 Å². The number of aromatic nitrogens is 1. The number of halogens is 1. The van der Waals surface area contributed by atoms with E-state index in [4.69, 9.17) is 16.3 Å². The van der Waals surface area contributed by atoms with E-state index >= 15 is 0 Å². The molecule has 0 spiro atoms. The maximum atomic E-state index is 6.23. The Morgan fingerprint density at radius 3 is 2.85 bits per heavy atom. The average molecular weight is 407 g/mol. The Morgan fingerprint density at radius 2 is 2.08 bits per heavy atom. The first-order valence-electron chi connectivity index (χ1n) is 8.53. The van der Waals surface area contributed by atoms with Crippen molar-refractivity contribution < 1.29 is 10.1 Å². The van der Waals surface area contributed by atoms with Crippen molar-refractivity contribution >= 4 is 50.6 Å². The molecule has 4 rings (SSSR count). The van der Waals surface area contributed by atoms with Crippen LogP contribution in [0.15, 0.2) is 46.8 Å². The number of hydrogen-bond acceptors (Lipinski definition) is 5. The molecule has 2 N–H and O–H groups in total. The van der Waals surface area contributed by atoms with Gasteiger partial charge < -0.3 is 15.0 Å². The van der Waals surface area contributed by atoms with Crippen molar-refractivity contribution in [1.29, 1.82) is 0 Å². The summed E-state index contributed by atoms with van der Waals surface area (Å²) in [5.74, 6) is 0.913. The molecule has 2 aromatic carbocycles. The Labute approximate surface area is 166 Å². The van der Waals surface area contributed by atoms with E-state index in [2.05, 4.69) is 53.6 Å². The number of fused-ring (bicyclic) bond motifs is 1. The molecule has 26 heavy (non-hydrogen) atoms. The molecule has 1 aromatic heterocycles. The number of rotatable bonds is 5. The average Bonchev–Trinajstić information content (AvgIpc) is 3.26. The third-order valence-electron chi connectivity index (χ3n) is 4.41. The molecule has 4 nitrogen and oxygen atoms in total. The van der Waals surface area contributed by atoms with Crippen molar-refractivity contribution in [3.05, 3.63) is 53.1 Å². The molecule has 0 unspecified atom stereocenters. The molecule has 0 saturated carbocycles. The van der Waals surface area contributed by atoms with Crippen molar-refractivity contribution in [2.45, 2.75) is 16.7 Å². The van der Waals surface area contributed by atoms with E-state index in [1.807, 2.05) is 18.2 Å². The molecule has 7 heteroatoms. The number of ether oxygens (including phenoxy) is 1. The third kappa shape index (κ3) is 4.00. The number of nitrogens with two attached hydrogens (primary N) is 1. The van der Waals surface area contributed by atoms with Crippen molar-refractivity contribution in [3.8, 4) is 0 Å². The van der Waals surface area contributed by atoms with E-state index in [0.29, 0.717) is 0 Å². The highest BCUT2D eigenvalue weighted by molar-refractivity contribution is 8.01. The van der Waals surface area contributed by atoms with Crippen LogP contribution in [0.4, 0.5) is 5.69 Å². The molecule has 0 radical (unpaired) electrons.